The summed E-state index contributed by atoms with van der Waals surface area (Å²) in [6.45, 7) is 1.80. The first-order valence-electron chi connectivity index (χ1n) is 8.66. The molecule has 2 aromatic heterocycles. The monoisotopic (exact) mass is 352 g/mol. The van der Waals surface area contributed by atoms with Crippen LogP contribution in [0.2, 0.25) is 0 Å². The lowest BCUT2D eigenvalue weighted by molar-refractivity contribution is 0.0951. The summed E-state index contributed by atoms with van der Waals surface area (Å²) in [6.07, 6.45) is 3.16. The van der Waals surface area contributed by atoms with Gasteiger partial charge in [0, 0.05) is 37.0 Å². The van der Waals surface area contributed by atoms with Gasteiger partial charge in [-0.05, 0) is 37.1 Å². The number of fused-ring (bicyclic) bond motifs is 1. The lowest BCUT2D eigenvalue weighted by Gasteiger charge is -2.32. The summed E-state index contributed by atoms with van der Waals surface area (Å²) in [5.41, 5.74) is 2.84. The average molecular weight is 352 g/mol. The van der Waals surface area contributed by atoms with E-state index in [0.717, 1.165) is 36.3 Å². The van der Waals surface area contributed by atoms with E-state index in [1.165, 1.54) is 0 Å². The molecule has 1 amide bonds. The number of piperidine rings is 1. The third kappa shape index (κ3) is 3.36. The molecule has 3 N–H and O–H groups in total. The summed E-state index contributed by atoms with van der Waals surface area (Å²) >= 11 is 0. The highest BCUT2D eigenvalue weighted by Crippen LogP contribution is 2.22. The van der Waals surface area contributed by atoms with Crippen molar-refractivity contribution >= 4 is 22.8 Å². The minimum Gasteiger partial charge on any atom is -0.391 e. The molecule has 134 valence electrons. The van der Waals surface area contributed by atoms with Gasteiger partial charge < -0.3 is 15.3 Å². The maximum atomic E-state index is 12.5. The first kappa shape index (κ1) is 16.5. The van der Waals surface area contributed by atoms with Crippen molar-refractivity contribution in [1.82, 2.24) is 25.7 Å². The number of aromatic nitrogens is 4. The Morgan fingerprint density at radius 1 is 1.31 bits per heavy atom. The minimum atomic E-state index is -0.331. The molecular weight excluding hydrogens is 332 g/mol. The van der Waals surface area contributed by atoms with E-state index in [9.17, 15) is 9.90 Å². The van der Waals surface area contributed by atoms with E-state index in [4.69, 9.17) is 0 Å². The molecule has 1 saturated heterocycles. The molecular formula is C18H20N6O2. The number of aliphatic hydroxyl groups excluding tert-OH is 1. The van der Waals surface area contributed by atoms with Gasteiger partial charge in [-0.2, -0.15) is 15.4 Å². The van der Waals surface area contributed by atoms with Gasteiger partial charge in [0.1, 0.15) is 16.9 Å². The number of carbonyl (C=O) groups excluding carboxylic acids is 1. The first-order valence-corrected chi connectivity index (χ1v) is 8.66. The SMILES string of the molecule is O=C(NCc1cccnc1N1CCC[C@H](O)C1)c1ccc2n[nH]nc2c1. The third-order valence-corrected chi connectivity index (χ3v) is 4.58. The fraction of sp³-hybridized carbons (Fsp3) is 0.333. The van der Waals surface area contributed by atoms with Crippen molar-refractivity contribution in [1.29, 1.82) is 0 Å². The van der Waals surface area contributed by atoms with Crippen molar-refractivity contribution in [3.05, 3.63) is 47.7 Å². The molecule has 0 unspecified atom stereocenters. The Morgan fingerprint density at radius 2 is 2.19 bits per heavy atom. The van der Waals surface area contributed by atoms with Crippen molar-refractivity contribution in [3.63, 3.8) is 0 Å². The number of nitrogens with one attached hydrogen (secondary N) is 2. The maximum Gasteiger partial charge on any atom is 0.251 e. The highest BCUT2D eigenvalue weighted by molar-refractivity contribution is 5.97. The molecule has 1 fully saturated rings. The second-order valence-corrected chi connectivity index (χ2v) is 6.44. The van der Waals surface area contributed by atoms with Gasteiger partial charge >= 0.3 is 0 Å². The van der Waals surface area contributed by atoms with Crippen LogP contribution in [0, 0.1) is 0 Å². The van der Waals surface area contributed by atoms with Gasteiger partial charge in [0.15, 0.2) is 0 Å². The van der Waals surface area contributed by atoms with Gasteiger partial charge in [-0.3, -0.25) is 4.79 Å². The predicted octanol–water partition coefficient (Wildman–Crippen LogP) is 1.24. The fourth-order valence-corrected chi connectivity index (χ4v) is 3.26. The first-order chi connectivity index (χ1) is 12.7. The standard InChI is InChI=1S/C18H20N6O2/c25-14-4-2-8-24(11-14)17-13(3-1-7-19-17)10-20-18(26)12-5-6-15-16(9-12)22-23-21-15/h1,3,5-7,9,14,25H,2,4,8,10-11H2,(H,20,26)(H,21,22,23)/t14-/m0/s1. The number of H-pyrrole nitrogens is 1. The Kier molecular flexibility index (Phi) is 4.49. The number of amides is 1. The Bertz CT molecular complexity index is 925. The lowest BCUT2D eigenvalue weighted by atomic mass is 10.1. The van der Waals surface area contributed by atoms with Crippen LogP contribution in [0.25, 0.3) is 11.0 Å². The Morgan fingerprint density at radius 3 is 3.08 bits per heavy atom. The minimum absolute atomic E-state index is 0.177. The van der Waals surface area contributed by atoms with Gasteiger partial charge in [-0.15, -0.1) is 0 Å². The number of aliphatic hydroxyl groups is 1. The zero-order valence-corrected chi connectivity index (χ0v) is 14.2. The number of hydrogen-bond acceptors (Lipinski definition) is 6. The zero-order chi connectivity index (χ0) is 17.9. The van der Waals surface area contributed by atoms with E-state index in [2.05, 4.69) is 30.6 Å². The van der Waals surface area contributed by atoms with Crippen LogP contribution in [0.3, 0.4) is 0 Å². The number of anilines is 1. The summed E-state index contributed by atoms with van der Waals surface area (Å²) in [7, 11) is 0. The topological polar surface area (TPSA) is 107 Å². The second kappa shape index (κ2) is 7.09. The summed E-state index contributed by atoms with van der Waals surface area (Å²) in [5, 5.41) is 23.4. The molecule has 8 heteroatoms. The van der Waals surface area contributed by atoms with E-state index in [1.54, 1.807) is 24.4 Å². The van der Waals surface area contributed by atoms with Crippen molar-refractivity contribution in [2.75, 3.05) is 18.0 Å². The van der Waals surface area contributed by atoms with Gasteiger partial charge in [0.2, 0.25) is 0 Å². The van der Waals surface area contributed by atoms with Crippen molar-refractivity contribution in [2.45, 2.75) is 25.5 Å². The van der Waals surface area contributed by atoms with Gasteiger partial charge in [0.25, 0.3) is 5.91 Å². The second-order valence-electron chi connectivity index (χ2n) is 6.44. The molecule has 8 nitrogen and oxygen atoms in total. The van der Waals surface area contributed by atoms with Crippen LogP contribution in [0.15, 0.2) is 36.5 Å². The molecule has 3 aromatic rings. The molecule has 3 heterocycles. The molecule has 26 heavy (non-hydrogen) atoms. The fourth-order valence-electron chi connectivity index (χ4n) is 3.26. The maximum absolute atomic E-state index is 12.5. The van der Waals surface area contributed by atoms with Crippen LogP contribution in [0.4, 0.5) is 5.82 Å². The number of nitrogens with zero attached hydrogens (tertiary/aromatic N) is 4. The Labute approximate surface area is 150 Å². The van der Waals surface area contributed by atoms with E-state index < -0.39 is 0 Å². The summed E-state index contributed by atoms with van der Waals surface area (Å²) < 4.78 is 0. The summed E-state index contributed by atoms with van der Waals surface area (Å²) in [5.74, 6) is 0.641. The molecule has 0 bridgehead atoms. The smallest absolute Gasteiger partial charge is 0.251 e. The number of pyridine rings is 1. The van der Waals surface area contributed by atoms with Crippen LogP contribution in [-0.4, -0.2) is 50.6 Å². The van der Waals surface area contributed by atoms with E-state index in [1.807, 2.05) is 12.1 Å². The molecule has 0 saturated carbocycles. The van der Waals surface area contributed by atoms with Crippen LogP contribution in [0.1, 0.15) is 28.8 Å². The van der Waals surface area contributed by atoms with Gasteiger partial charge in [-0.1, -0.05) is 6.07 Å². The Balaban J connectivity index is 1.48. The van der Waals surface area contributed by atoms with Gasteiger partial charge in [-0.25, -0.2) is 4.98 Å². The van der Waals surface area contributed by atoms with Crippen LogP contribution in [0.5, 0.6) is 0 Å². The van der Waals surface area contributed by atoms with E-state index in [-0.39, 0.29) is 12.0 Å². The van der Waals surface area contributed by atoms with Gasteiger partial charge in [0.05, 0.1) is 6.10 Å². The molecule has 1 aliphatic heterocycles. The highest BCUT2D eigenvalue weighted by atomic mass is 16.3. The summed E-state index contributed by atoms with van der Waals surface area (Å²) in [6, 6.07) is 9.00. The zero-order valence-electron chi connectivity index (χ0n) is 14.2. The van der Waals surface area contributed by atoms with E-state index >= 15 is 0 Å². The number of hydrogen-bond donors (Lipinski definition) is 3. The number of β-amino-alcohol motifs (C(OH)–C–C–N with tert-alkyl or cyclic N) is 1. The molecule has 0 spiro atoms. The molecule has 1 aromatic carbocycles. The summed E-state index contributed by atoms with van der Waals surface area (Å²) in [4.78, 5) is 19.0. The molecule has 0 aliphatic carbocycles. The van der Waals surface area contributed by atoms with Crippen LogP contribution >= 0.6 is 0 Å². The molecule has 0 radical (unpaired) electrons. The van der Waals surface area contributed by atoms with E-state index in [0.29, 0.717) is 24.2 Å². The predicted molar refractivity (Wildman–Crippen MR) is 96.7 cm³/mol. The third-order valence-electron chi connectivity index (χ3n) is 4.58. The van der Waals surface area contributed by atoms with Crippen molar-refractivity contribution in [2.24, 2.45) is 0 Å². The quantitative estimate of drug-likeness (QED) is 0.652. The van der Waals surface area contributed by atoms with Crippen molar-refractivity contribution < 1.29 is 9.90 Å². The van der Waals surface area contributed by atoms with Crippen LogP contribution < -0.4 is 10.2 Å². The number of rotatable bonds is 4. The van der Waals surface area contributed by atoms with Crippen LogP contribution in [-0.2, 0) is 6.54 Å². The largest absolute Gasteiger partial charge is 0.391 e. The normalized spacial score (nSPS) is 17.4. The molecule has 1 atom stereocenters. The number of benzene rings is 1. The number of aromatic amines is 1. The number of carbonyl (C=O) groups is 1. The molecule has 1 aliphatic rings. The highest BCUT2D eigenvalue weighted by Gasteiger charge is 2.21. The lowest BCUT2D eigenvalue weighted by Crippen LogP contribution is -2.39. The molecule has 4 rings (SSSR count). The Hall–Kier alpha value is -3.00. The van der Waals surface area contributed by atoms with Crippen molar-refractivity contribution in [3.8, 4) is 0 Å². The average Bonchev–Trinajstić information content (AvgIpc) is 3.14.